The van der Waals surface area contributed by atoms with Crippen molar-refractivity contribution in [2.24, 2.45) is 0 Å². The molecule has 0 radical (unpaired) electrons. The third kappa shape index (κ3) is 2.69. The molecule has 0 aromatic heterocycles. The molecule has 1 N–H and O–H groups in total. The Morgan fingerprint density at radius 1 is 1.29 bits per heavy atom. The minimum absolute atomic E-state index is 0.332. The molecular weight excluding hydrogens is 221 g/mol. The second-order valence-electron chi connectivity index (χ2n) is 4.29. The van der Waals surface area contributed by atoms with Gasteiger partial charge in [-0.15, -0.1) is 0 Å². The highest BCUT2D eigenvalue weighted by Crippen LogP contribution is 2.32. The summed E-state index contributed by atoms with van der Waals surface area (Å²) in [5.74, 6) is 0.799. The molecule has 4 heteroatoms. The average molecular weight is 239 g/mol. The van der Waals surface area contributed by atoms with Crippen LogP contribution >= 0.6 is 0 Å². The number of hydrogen-bond donors (Lipinski definition) is 1. The molecule has 1 heterocycles. The summed E-state index contributed by atoms with van der Waals surface area (Å²) in [7, 11) is 3.11. The molecule has 0 aliphatic carbocycles. The predicted octanol–water partition coefficient (Wildman–Crippen LogP) is 2.14. The van der Waals surface area contributed by atoms with Crippen LogP contribution in [-0.4, -0.2) is 26.8 Å². The molecule has 2 rings (SSSR count). The Morgan fingerprint density at radius 2 is 1.94 bits per heavy atom. The monoisotopic (exact) mass is 239 g/mol. The van der Waals surface area contributed by atoms with E-state index in [0.29, 0.717) is 17.5 Å². The molecule has 94 valence electrons. The lowest BCUT2D eigenvalue weighted by Gasteiger charge is -2.16. The van der Waals surface area contributed by atoms with Crippen molar-refractivity contribution < 1.29 is 13.9 Å². The summed E-state index contributed by atoms with van der Waals surface area (Å²) in [6, 6.07) is 3.25. The summed E-state index contributed by atoms with van der Waals surface area (Å²) in [4.78, 5) is 0. The van der Waals surface area contributed by atoms with Crippen molar-refractivity contribution in [1.29, 1.82) is 0 Å². The molecular formula is C13H18FNO2. The van der Waals surface area contributed by atoms with Gasteiger partial charge < -0.3 is 14.8 Å². The van der Waals surface area contributed by atoms with Crippen molar-refractivity contribution >= 4 is 0 Å². The smallest absolute Gasteiger partial charge is 0.130 e. The Balaban J connectivity index is 2.28. The van der Waals surface area contributed by atoms with Gasteiger partial charge in [0.15, 0.2) is 0 Å². The van der Waals surface area contributed by atoms with E-state index in [1.54, 1.807) is 14.2 Å². The van der Waals surface area contributed by atoms with Crippen LogP contribution in [0.15, 0.2) is 12.1 Å². The highest BCUT2D eigenvalue weighted by atomic mass is 19.1. The molecule has 1 saturated heterocycles. The summed E-state index contributed by atoms with van der Waals surface area (Å²) in [6.45, 7) is 1.05. The summed E-state index contributed by atoms with van der Waals surface area (Å²) in [5, 5.41) is 3.42. The number of rotatable bonds is 4. The van der Waals surface area contributed by atoms with E-state index in [1.165, 1.54) is 18.6 Å². The quantitative estimate of drug-likeness (QED) is 0.873. The maximum absolute atomic E-state index is 13.3. The number of methoxy groups -OCH3 is 2. The standard InChI is InChI=1S/C13H18FNO2/c1-16-12-6-9(14)7-13(17-2)11(12)8-10-4-3-5-15-10/h6-7,10,15H,3-5,8H2,1-2H3. The Morgan fingerprint density at radius 3 is 2.41 bits per heavy atom. The van der Waals surface area contributed by atoms with Gasteiger partial charge in [-0.2, -0.15) is 0 Å². The third-order valence-corrected chi connectivity index (χ3v) is 3.19. The Labute approximate surface area is 101 Å². The number of nitrogens with one attached hydrogen (secondary N) is 1. The zero-order valence-electron chi connectivity index (χ0n) is 10.3. The molecule has 1 aliphatic heterocycles. The van der Waals surface area contributed by atoms with Gasteiger partial charge in [-0.3, -0.25) is 0 Å². The Hall–Kier alpha value is -1.29. The second kappa shape index (κ2) is 5.36. The minimum atomic E-state index is -0.332. The number of benzene rings is 1. The first-order chi connectivity index (χ1) is 8.24. The summed E-state index contributed by atoms with van der Waals surface area (Å²) >= 11 is 0. The molecule has 0 saturated carbocycles. The van der Waals surface area contributed by atoms with Crippen LogP contribution in [0.2, 0.25) is 0 Å². The fourth-order valence-electron chi connectivity index (χ4n) is 2.33. The Bertz CT molecular complexity index is 364. The number of ether oxygens (including phenoxy) is 2. The zero-order chi connectivity index (χ0) is 12.3. The van der Waals surface area contributed by atoms with Crippen LogP contribution in [0, 0.1) is 5.82 Å². The lowest BCUT2D eigenvalue weighted by atomic mass is 10.0. The molecule has 1 aromatic rings. The first kappa shape index (κ1) is 12.2. The lowest BCUT2D eigenvalue weighted by Crippen LogP contribution is -2.24. The molecule has 1 unspecified atom stereocenters. The van der Waals surface area contributed by atoms with Crippen molar-refractivity contribution in [3.05, 3.63) is 23.5 Å². The lowest BCUT2D eigenvalue weighted by molar-refractivity contribution is 0.376. The van der Waals surface area contributed by atoms with Crippen molar-refractivity contribution in [3.63, 3.8) is 0 Å². The van der Waals surface area contributed by atoms with Crippen LogP contribution in [0.1, 0.15) is 18.4 Å². The SMILES string of the molecule is COc1cc(F)cc(OC)c1CC1CCCN1. The first-order valence-electron chi connectivity index (χ1n) is 5.88. The summed E-state index contributed by atoms with van der Waals surface area (Å²) < 4.78 is 23.8. The topological polar surface area (TPSA) is 30.5 Å². The van der Waals surface area contributed by atoms with Crippen LogP contribution in [0.25, 0.3) is 0 Å². The molecule has 17 heavy (non-hydrogen) atoms. The van der Waals surface area contributed by atoms with Crippen LogP contribution in [-0.2, 0) is 6.42 Å². The van der Waals surface area contributed by atoms with E-state index in [1.807, 2.05) is 0 Å². The van der Waals surface area contributed by atoms with Gasteiger partial charge in [0.1, 0.15) is 17.3 Å². The van der Waals surface area contributed by atoms with Crippen LogP contribution in [0.4, 0.5) is 4.39 Å². The van der Waals surface area contributed by atoms with E-state index in [4.69, 9.17) is 9.47 Å². The van der Waals surface area contributed by atoms with E-state index in [-0.39, 0.29) is 5.82 Å². The molecule has 1 aliphatic rings. The van der Waals surface area contributed by atoms with Crippen LogP contribution in [0.3, 0.4) is 0 Å². The van der Waals surface area contributed by atoms with Crippen molar-refractivity contribution in [3.8, 4) is 11.5 Å². The van der Waals surface area contributed by atoms with Gasteiger partial charge in [0.25, 0.3) is 0 Å². The summed E-state index contributed by atoms with van der Waals surface area (Å²) in [6.07, 6.45) is 3.15. The highest BCUT2D eigenvalue weighted by Gasteiger charge is 2.20. The van der Waals surface area contributed by atoms with Gasteiger partial charge in [0, 0.05) is 23.7 Å². The predicted molar refractivity (Wildman–Crippen MR) is 64.2 cm³/mol. The molecule has 0 spiro atoms. The molecule has 0 amide bonds. The highest BCUT2D eigenvalue weighted by molar-refractivity contribution is 5.46. The van der Waals surface area contributed by atoms with Crippen LogP contribution in [0.5, 0.6) is 11.5 Å². The first-order valence-corrected chi connectivity index (χ1v) is 5.88. The van der Waals surface area contributed by atoms with E-state index < -0.39 is 0 Å². The number of halogens is 1. The van der Waals surface area contributed by atoms with Crippen LogP contribution < -0.4 is 14.8 Å². The van der Waals surface area contributed by atoms with Crippen molar-refractivity contribution in [2.45, 2.75) is 25.3 Å². The third-order valence-electron chi connectivity index (χ3n) is 3.19. The second-order valence-corrected chi connectivity index (χ2v) is 4.29. The fourth-order valence-corrected chi connectivity index (χ4v) is 2.33. The van der Waals surface area contributed by atoms with E-state index >= 15 is 0 Å². The maximum atomic E-state index is 13.3. The van der Waals surface area contributed by atoms with Crippen molar-refractivity contribution in [1.82, 2.24) is 5.32 Å². The minimum Gasteiger partial charge on any atom is -0.496 e. The Kier molecular flexibility index (Phi) is 3.84. The van der Waals surface area contributed by atoms with Gasteiger partial charge in [-0.05, 0) is 25.8 Å². The average Bonchev–Trinajstić information content (AvgIpc) is 2.83. The summed E-state index contributed by atoms with van der Waals surface area (Å²) in [5.41, 5.74) is 0.941. The van der Waals surface area contributed by atoms with Gasteiger partial charge in [0.05, 0.1) is 14.2 Å². The van der Waals surface area contributed by atoms with E-state index in [2.05, 4.69) is 5.32 Å². The normalized spacial score (nSPS) is 19.4. The molecule has 0 bridgehead atoms. The molecule has 3 nitrogen and oxygen atoms in total. The van der Waals surface area contributed by atoms with E-state index in [0.717, 1.165) is 24.9 Å². The molecule has 1 aromatic carbocycles. The van der Waals surface area contributed by atoms with Crippen molar-refractivity contribution in [2.75, 3.05) is 20.8 Å². The largest absolute Gasteiger partial charge is 0.496 e. The van der Waals surface area contributed by atoms with Gasteiger partial charge in [-0.25, -0.2) is 4.39 Å². The zero-order valence-corrected chi connectivity index (χ0v) is 10.3. The van der Waals surface area contributed by atoms with Gasteiger partial charge >= 0.3 is 0 Å². The fraction of sp³-hybridized carbons (Fsp3) is 0.538. The molecule has 1 atom stereocenters. The van der Waals surface area contributed by atoms with E-state index in [9.17, 15) is 4.39 Å². The van der Waals surface area contributed by atoms with Gasteiger partial charge in [-0.1, -0.05) is 0 Å². The maximum Gasteiger partial charge on any atom is 0.130 e. The number of hydrogen-bond acceptors (Lipinski definition) is 3. The molecule has 1 fully saturated rings. The van der Waals surface area contributed by atoms with Gasteiger partial charge in [0.2, 0.25) is 0 Å².